The highest BCUT2D eigenvalue weighted by molar-refractivity contribution is 7.09. The topological polar surface area (TPSA) is 70.5 Å². The van der Waals surface area contributed by atoms with Crippen LogP contribution in [0.2, 0.25) is 0 Å². The lowest BCUT2D eigenvalue weighted by Gasteiger charge is -2.32. The van der Waals surface area contributed by atoms with Gasteiger partial charge in [-0.05, 0) is 87.2 Å². The molecule has 1 aromatic carbocycles. The predicted octanol–water partition coefficient (Wildman–Crippen LogP) is 6.28. The first-order chi connectivity index (χ1) is 19.9. The van der Waals surface area contributed by atoms with Gasteiger partial charge in [-0.1, -0.05) is 40.2 Å². The molecule has 0 bridgehead atoms. The summed E-state index contributed by atoms with van der Waals surface area (Å²) in [4.78, 5) is 38.2. The monoisotopic (exact) mass is 577 g/mol. The summed E-state index contributed by atoms with van der Waals surface area (Å²) >= 11 is 1.75. The van der Waals surface area contributed by atoms with Crippen LogP contribution in [0.3, 0.4) is 0 Å². The molecule has 2 aliphatic rings. The van der Waals surface area contributed by atoms with Crippen molar-refractivity contribution in [1.29, 1.82) is 0 Å². The van der Waals surface area contributed by atoms with E-state index in [0.717, 1.165) is 68.7 Å². The first-order valence-electron chi connectivity index (χ1n) is 15.7. The number of thiophene rings is 1. The number of carbonyl (C=O) groups is 2. The lowest BCUT2D eigenvalue weighted by molar-refractivity contribution is -0.132. The normalized spacial score (nSPS) is 19.0. The van der Waals surface area contributed by atoms with Gasteiger partial charge in [0.1, 0.15) is 11.9 Å². The average Bonchev–Trinajstić information content (AvgIpc) is 3.74. The van der Waals surface area contributed by atoms with Gasteiger partial charge >= 0.3 is 0 Å². The standard InChI is InChI=1S/C33H47N5O2S/c1-5-25(6-2)38-30-13-12-24(20-28(30)34-31(38)21-27-11-10-18-41-27)32(39)35-29(19-23(3)4)33(40)37-17-14-26(22-37)36-15-8-7-9-16-36/h10-13,18,20,23,25-26,29H,5-9,14-17,19,21-22H2,1-4H3,(H,35,39)/t26?,29-/m0/s1. The molecule has 2 saturated heterocycles. The highest BCUT2D eigenvalue weighted by Gasteiger charge is 2.35. The second kappa shape index (κ2) is 13.5. The molecule has 2 atom stereocenters. The van der Waals surface area contributed by atoms with Gasteiger partial charge in [-0.25, -0.2) is 4.98 Å². The van der Waals surface area contributed by atoms with E-state index in [1.54, 1.807) is 11.3 Å². The van der Waals surface area contributed by atoms with Crippen LogP contribution in [-0.2, 0) is 11.2 Å². The van der Waals surface area contributed by atoms with Crippen molar-refractivity contribution in [3.63, 3.8) is 0 Å². The maximum atomic E-state index is 13.7. The minimum Gasteiger partial charge on any atom is -0.340 e. The number of rotatable bonds is 11. The first kappa shape index (κ1) is 29.8. The summed E-state index contributed by atoms with van der Waals surface area (Å²) in [5.74, 6) is 1.19. The van der Waals surface area contributed by atoms with Gasteiger partial charge in [0.25, 0.3) is 5.91 Å². The zero-order valence-electron chi connectivity index (χ0n) is 25.3. The number of carbonyl (C=O) groups excluding carboxylic acids is 2. The third-order valence-corrected chi connectivity index (χ3v) is 9.81. The van der Waals surface area contributed by atoms with Crippen LogP contribution in [0.1, 0.15) is 99.7 Å². The number of imidazole rings is 1. The van der Waals surface area contributed by atoms with Gasteiger partial charge in [-0.15, -0.1) is 11.3 Å². The van der Waals surface area contributed by atoms with E-state index < -0.39 is 6.04 Å². The molecule has 3 aromatic rings. The third kappa shape index (κ3) is 6.86. The Bertz CT molecular complexity index is 1310. The second-order valence-electron chi connectivity index (χ2n) is 12.3. The van der Waals surface area contributed by atoms with Crippen molar-refractivity contribution in [2.24, 2.45) is 5.92 Å². The van der Waals surface area contributed by atoms with Crippen LogP contribution in [0, 0.1) is 5.92 Å². The Balaban J connectivity index is 1.34. The largest absolute Gasteiger partial charge is 0.340 e. The van der Waals surface area contributed by atoms with Crippen molar-refractivity contribution in [3.8, 4) is 0 Å². The van der Waals surface area contributed by atoms with Crippen molar-refractivity contribution < 1.29 is 9.59 Å². The summed E-state index contributed by atoms with van der Waals surface area (Å²) in [7, 11) is 0. The van der Waals surface area contributed by atoms with Crippen molar-refractivity contribution in [1.82, 2.24) is 24.7 Å². The summed E-state index contributed by atoms with van der Waals surface area (Å²) in [6.45, 7) is 12.5. The highest BCUT2D eigenvalue weighted by Crippen LogP contribution is 2.29. The van der Waals surface area contributed by atoms with E-state index in [1.807, 2.05) is 23.1 Å². The molecule has 8 heteroatoms. The lowest BCUT2D eigenvalue weighted by Crippen LogP contribution is -2.49. The maximum absolute atomic E-state index is 13.7. The molecule has 2 amide bonds. The van der Waals surface area contributed by atoms with E-state index in [0.29, 0.717) is 30.0 Å². The van der Waals surface area contributed by atoms with Crippen LogP contribution >= 0.6 is 11.3 Å². The van der Waals surface area contributed by atoms with Crippen molar-refractivity contribution in [3.05, 3.63) is 52.0 Å². The van der Waals surface area contributed by atoms with Crippen molar-refractivity contribution in [2.45, 2.75) is 97.2 Å². The minimum absolute atomic E-state index is 0.0592. The Morgan fingerprint density at radius 2 is 1.85 bits per heavy atom. The number of piperidine rings is 1. The molecular weight excluding hydrogens is 530 g/mol. The number of fused-ring (bicyclic) bond motifs is 1. The molecule has 0 saturated carbocycles. The Labute approximate surface area is 249 Å². The molecule has 2 aliphatic heterocycles. The Hall–Kier alpha value is -2.71. The van der Waals surface area contributed by atoms with Gasteiger partial charge in [-0.3, -0.25) is 14.5 Å². The molecular formula is C33H47N5O2S. The highest BCUT2D eigenvalue weighted by atomic mass is 32.1. The number of nitrogens with one attached hydrogen (secondary N) is 1. The lowest BCUT2D eigenvalue weighted by atomic mass is 10.0. The quantitative estimate of drug-likeness (QED) is 0.291. The summed E-state index contributed by atoms with van der Waals surface area (Å²) in [6.07, 6.45) is 8.31. The number of aromatic nitrogens is 2. The minimum atomic E-state index is -0.519. The van der Waals surface area contributed by atoms with E-state index in [-0.39, 0.29) is 11.8 Å². The van der Waals surface area contributed by atoms with Crippen molar-refractivity contribution in [2.75, 3.05) is 26.2 Å². The van der Waals surface area contributed by atoms with E-state index in [4.69, 9.17) is 4.98 Å². The fourth-order valence-corrected chi connectivity index (χ4v) is 7.42. The van der Waals surface area contributed by atoms with Crippen LogP contribution in [0.4, 0.5) is 0 Å². The Morgan fingerprint density at radius 1 is 1.07 bits per heavy atom. The van der Waals surface area contributed by atoms with E-state index >= 15 is 0 Å². The number of hydrogen-bond acceptors (Lipinski definition) is 5. The van der Waals surface area contributed by atoms with Crippen LogP contribution in [0.15, 0.2) is 35.7 Å². The molecule has 4 heterocycles. The van der Waals surface area contributed by atoms with E-state index in [2.05, 4.69) is 60.0 Å². The number of benzene rings is 1. The number of nitrogens with zero attached hydrogens (tertiary/aromatic N) is 4. The number of likely N-dealkylation sites (tertiary alicyclic amines) is 2. The average molecular weight is 578 g/mol. The molecule has 5 rings (SSSR count). The fourth-order valence-electron chi connectivity index (χ4n) is 6.72. The molecule has 41 heavy (non-hydrogen) atoms. The molecule has 0 radical (unpaired) electrons. The van der Waals surface area contributed by atoms with Crippen LogP contribution < -0.4 is 5.32 Å². The third-order valence-electron chi connectivity index (χ3n) is 8.94. The second-order valence-corrected chi connectivity index (χ2v) is 13.3. The smallest absolute Gasteiger partial charge is 0.252 e. The molecule has 1 unspecified atom stereocenters. The van der Waals surface area contributed by atoms with Gasteiger partial charge in [0.2, 0.25) is 5.91 Å². The number of amides is 2. The molecule has 2 aromatic heterocycles. The zero-order chi connectivity index (χ0) is 28.9. The SMILES string of the molecule is CCC(CC)n1c(Cc2cccs2)nc2cc(C(=O)N[C@@H](CC(C)C)C(=O)N3CCC(N4CCCCC4)C3)ccc21. The Kier molecular flexibility index (Phi) is 9.81. The summed E-state index contributed by atoms with van der Waals surface area (Å²) in [5.41, 5.74) is 2.47. The fraction of sp³-hybridized carbons (Fsp3) is 0.606. The summed E-state index contributed by atoms with van der Waals surface area (Å²) in [6, 6.07) is 10.4. The van der Waals surface area contributed by atoms with E-state index in [9.17, 15) is 9.59 Å². The summed E-state index contributed by atoms with van der Waals surface area (Å²) in [5, 5.41) is 5.23. The molecule has 7 nitrogen and oxygen atoms in total. The zero-order valence-corrected chi connectivity index (χ0v) is 26.1. The van der Waals surface area contributed by atoms with E-state index in [1.165, 1.54) is 24.1 Å². The maximum Gasteiger partial charge on any atom is 0.252 e. The molecule has 0 aliphatic carbocycles. The molecule has 2 fully saturated rings. The van der Waals surface area contributed by atoms with Gasteiger partial charge in [0.15, 0.2) is 0 Å². The van der Waals surface area contributed by atoms with Gasteiger partial charge < -0.3 is 14.8 Å². The molecule has 222 valence electrons. The van der Waals surface area contributed by atoms with Crippen molar-refractivity contribution >= 4 is 34.2 Å². The predicted molar refractivity (Wildman–Crippen MR) is 168 cm³/mol. The van der Waals surface area contributed by atoms with Crippen LogP contribution in [0.25, 0.3) is 11.0 Å². The van der Waals surface area contributed by atoms with Gasteiger partial charge in [0.05, 0.1) is 11.0 Å². The van der Waals surface area contributed by atoms with Crippen LogP contribution in [-0.4, -0.2) is 69.4 Å². The Morgan fingerprint density at radius 3 is 2.54 bits per heavy atom. The summed E-state index contributed by atoms with van der Waals surface area (Å²) < 4.78 is 2.37. The van der Waals surface area contributed by atoms with Crippen LogP contribution in [0.5, 0.6) is 0 Å². The molecule has 0 spiro atoms. The number of hydrogen-bond donors (Lipinski definition) is 1. The molecule has 1 N–H and O–H groups in total. The van der Waals surface area contributed by atoms with Gasteiger partial charge in [0, 0.05) is 42.0 Å². The van der Waals surface area contributed by atoms with Gasteiger partial charge in [-0.2, -0.15) is 0 Å². The first-order valence-corrected chi connectivity index (χ1v) is 16.6.